The Morgan fingerprint density at radius 3 is 2.59 bits per heavy atom. The number of benzene rings is 1. The Labute approximate surface area is 178 Å². The first kappa shape index (κ1) is 25.1. The van der Waals surface area contributed by atoms with E-state index < -0.39 is 24.7 Å². The van der Waals surface area contributed by atoms with Crippen LogP contribution in [0.2, 0.25) is 0 Å². The van der Waals surface area contributed by atoms with E-state index in [2.05, 4.69) is 5.32 Å². The van der Waals surface area contributed by atoms with Crippen molar-refractivity contribution in [2.24, 2.45) is 0 Å². The molecule has 1 aliphatic rings. The van der Waals surface area contributed by atoms with Crippen molar-refractivity contribution >= 4 is 30.1 Å². The fraction of sp³-hybridized carbons (Fsp3) is 0.571. The SMILES string of the molecule is CCOC(=O)C(CCc1ccccc1)NC(C)C(=O)N1CCC[C@H]1C(=O)CO.Cl. The van der Waals surface area contributed by atoms with Crippen LogP contribution in [-0.2, 0) is 25.5 Å². The van der Waals surface area contributed by atoms with Gasteiger partial charge in [-0.25, -0.2) is 0 Å². The lowest BCUT2D eigenvalue weighted by Gasteiger charge is -2.28. The number of carbonyl (C=O) groups excluding carboxylic acids is 3. The van der Waals surface area contributed by atoms with Crippen LogP contribution in [0.4, 0.5) is 0 Å². The molecule has 29 heavy (non-hydrogen) atoms. The van der Waals surface area contributed by atoms with E-state index in [1.54, 1.807) is 13.8 Å². The first-order valence-corrected chi connectivity index (χ1v) is 9.88. The molecule has 162 valence electrons. The summed E-state index contributed by atoms with van der Waals surface area (Å²) in [6, 6.07) is 7.97. The van der Waals surface area contributed by atoms with E-state index in [4.69, 9.17) is 9.84 Å². The van der Waals surface area contributed by atoms with Crippen LogP contribution in [0.1, 0.15) is 38.7 Å². The molecule has 0 bridgehead atoms. The number of aliphatic hydroxyl groups is 1. The molecule has 8 heteroatoms. The van der Waals surface area contributed by atoms with E-state index in [1.807, 2.05) is 30.3 Å². The summed E-state index contributed by atoms with van der Waals surface area (Å²) in [7, 11) is 0. The highest BCUT2D eigenvalue weighted by atomic mass is 35.5. The quantitative estimate of drug-likeness (QED) is 0.550. The molecule has 1 saturated heterocycles. The van der Waals surface area contributed by atoms with Gasteiger partial charge in [0.1, 0.15) is 12.6 Å². The predicted molar refractivity (Wildman–Crippen MR) is 112 cm³/mol. The van der Waals surface area contributed by atoms with Crippen molar-refractivity contribution in [3.05, 3.63) is 35.9 Å². The summed E-state index contributed by atoms with van der Waals surface area (Å²) in [4.78, 5) is 38.6. The van der Waals surface area contributed by atoms with Gasteiger partial charge >= 0.3 is 5.97 Å². The second-order valence-electron chi connectivity index (χ2n) is 7.03. The van der Waals surface area contributed by atoms with Crippen molar-refractivity contribution < 1.29 is 24.2 Å². The number of aliphatic hydroxyl groups excluding tert-OH is 1. The second-order valence-corrected chi connectivity index (χ2v) is 7.03. The number of hydrogen-bond acceptors (Lipinski definition) is 6. The van der Waals surface area contributed by atoms with Gasteiger partial charge in [-0.2, -0.15) is 0 Å². The highest BCUT2D eigenvalue weighted by Gasteiger charge is 2.36. The van der Waals surface area contributed by atoms with Gasteiger partial charge < -0.3 is 14.7 Å². The maximum absolute atomic E-state index is 12.8. The number of ether oxygens (including phenoxy) is 1. The van der Waals surface area contributed by atoms with Crippen LogP contribution in [0.25, 0.3) is 0 Å². The fourth-order valence-corrected chi connectivity index (χ4v) is 3.56. The number of aryl methyl sites for hydroxylation is 1. The van der Waals surface area contributed by atoms with Crippen molar-refractivity contribution in [2.45, 2.75) is 57.7 Å². The predicted octanol–water partition coefficient (Wildman–Crippen LogP) is 1.50. The number of ketones is 1. The lowest BCUT2D eigenvalue weighted by atomic mass is 10.0. The number of nitrogens with zero attached hydrogens (tertiary/aromatic N) is 1. The van der Waals surface area contributed by atoms with Crippen LogP contribution >= 0.6 is 12.4 Å². The van der Waals surface area contributed by atoms with Crippen LogP contribution < -0.4 is 5.32 Å². The minimum Gasteiger partial charge on any atom is -0.465 e. The first-order chi connectivity index (χ1) is 13.5. The summed E-state index contributed by atoms with van der Waals surface area (Å²) in [6.07, 6.45) is 2.46. The summed E-state index contributed by atoms with van der Waals surface area (Å²) in [5.41, 5.74) is 1.10. The molecule has 2 rings (SSSR count). The molecular weight excluding hydrogens is 396 g/mol. The van der Waals surface area contributed by atoms with E-state index in [0.717, 1.165) is 12.0 Å². The Hall–Kier alpha value is -1.96. The molecule has 0 spiro atoms. The second kappa shape index (κ2) is 12.6. The lowest BCUT2D eigenvalue weighted by Crippen LogP contribution is -2.53. The maximum atomic E-state index is 12.8. The topological polar surface area (TPSA) is 95.9 Å². The molecule has 7 nitrogen and oxygen atoms in total. The Morgan fingerprint density at radius 1 is 1.28 bits per heavy atom. The zero-order valence-corrected chi connectivity index (χ0v) is 17.8. The highest BCUT2D eigenvalue weighted by Crippen LogP contribution is 2.19. The highest BCUT2D eigenvalue weighted by molar-refractivity contribution is 5.92. The monoisotopic (exact) mass is 426 g/mol. The Bertz CT molecular complexity index is 670. The van der Waals surface area contributed by atoms with Crippen LogP contribution in [0.15, 0.2) is 30.3 Å². The number of carbonyl (C=O) groups is 3. The molecule has 0 saturated carbocycles. The number of amides is 1. The minimum atomic E-state index is -0.641. The molecule has 1 fully saturated rings. The summed E-state index contributed by atoms with van der Waals surface area (Å²) in [6.45, 7) is 3.62. The number of esters is 1. The third-order valence-corrected chi connectivity index (χ3v) is 5.02. The first-order valence-electron chi connectivity index (χ1n) is 9.88. The van der Waals surface area contributed by atoms with Gasteiger partial charge in [0.05, 0.1) is 18.7 Å². The molecule has 0 aromatic heterocycles. The molecule has 1 aliphatic heterocycles. The molecule has 1 aromatic carbocycles. The summed E-state index contributed by atoms with van der Waals surface area (Å²) in [5.74, 6) is -0.968. The van der Waals surface area contributed by atoms with Gasteiger partial charge in [-0.05, 0) is 45.1 Å². The maximum Gasteiger partial charge on any atom is 0.323 e. The number of hydrogen-bond donors (Lipinski definition) is 2. The molecule has 2 N–H and O–H groups in total. The number of rotatable bonds is 10. The smallest absolute Gasteiger partial charge is 0.323 e. The number of likely N-dealkylation sites (tertiary alicyclic amines) is 1. The van der Waals surface area contributed by atoms with Gasteiger partial charge in [-0.15, -0.1) is 12.4 Å². The minimum absolute atomic E-state index is 0. The molecule has 0 radical (unpaired) electrons. The van der Waals surface area contributed by atoms with E-state index in [-0.39, 0.29) is 36.7 Å². The third kappa shape index (κ3) is 7.10. The van der Waals surface area contributed by atoms with Gasteiger partial charge in [0.25, 0.3) is 0 Å². The number of halogens is 1. The number of nitrogens with one attached hydrogen (secondary N) is 1. The van der Waals surface area contributed by atoms with Crippen molar-refractivity contribution in [2.75, 3.05) is 19.8 Å². The largest absolute Gasteiger partial charge is 0.465 e. The average molecular weight is 427 g/mol. The Kier molecular flexibility index (Phi) is 10.9. The zero-order valence-electron chi connectivity index (χ0n) is 17.0. The molecule has 1 amide bonds. The summed E-state index contributed by atoms with van der Waals surface area (Å²) >= 11 is 0. The van der Waals surface area contributed by atoms with Crippen molar-refractivity contribution in [3.63, 3.8) is 0 Å². The van der Waals surface area contributed by atoms with Gasteiger partial charge in [-0.1, -0.05) is 30.3 Å². The summed E-state index contributed by atoms with van der Waals surface area (Å²) < 4.78 is 5.16. The van der Waals surface area contributed by atoms with Crippen molar-refractivity contribution in [1.82, 2.24) is 10.2 Å². The van der Waals surface area contributed by atoms with E-state index in [0.29, 0.717) is 25.8 Å². The van der Waals surface area contributed by atoms with Gasteiger partial charge in [0.2, 0.25) is 5.91 Å². The molecule has 1 heterocycles. The summed E-state index contributed by atoms with van der Waals surface area (Å²) in [5, 5.41) is 12.2. The van der Waals surface area contributed by atoms with E-state index >= 15 is 0 Å². The zero-order chi connectivity index (χ0) is 20.5. The number of Topliss-reactive ketones (excluding diaryl/α,β-unsaturated/α-hetero) is 1. The molecule has 2 unspecified atom stereocenters. The lowest BCUT2D eigenvalue weighted by molar-refractivity contribution is -0.147. The van der Waals surface area contributed by atoms with Crippen LogP contribution in [0.3, 0.4) is 0 Å². The fourth-order valence-electron chi connectivity index (χ4n) is 3.56. The van der Waals surface area contributed by atoms with Crippen molar-refractivity contribution in [1.29, 1.82) is 0 Å². The Morgan fingerprint density at radius 2 is 1.97 bits per heavy atom. The molecular formula is C21H31ClN2O5. The third-order valence-electron chi connectivity index (χ3n) is 5.02. The normalized spacial score (nSPS) is 17.9. The average Bonchev–Trinajstić information content (AvgIpc) is 3.20. The van der Waals surface area contributed by atoms with Crippen molar-refractivity contribution in [3.8, 4) is 0 Å². The van der Waals surface area contributed by atoms with Crippen LogP contribution in [0, 0.1) is 0 Å². The van der Waals surface area contributed by atoms with Gasteiger partial charge in [0, 0.05) is 6.54 Å². The molecule has 1 aromatic rings. The van der Waals surface area contributed by atoms with Crippen LogP contribution in [0.5, 0.6) is 0 Å². The van der Waals surface area contributed by atoms with Gasteiger partial charge in [0.15, 0.2) is 5.78 Å². The molecule has 3 atom stereocenters. The van der Waals surface area contributed by atoms with Crippen LogP contribution in [-0.4, -0.2) is 65.6 Å². The van der Waals surface area contributed by atoms with E-state index in [1.165, 1.54) is 4.90 Å². The van der Waals surface area contributed by atoms with Gasteiger partial charge in [-0.3, -0.25) is 19.7 Å². The van der Waals surface area contributed by atoms with E-state index in [9.17, 15) is 14.4 Å². The standard InChI is InChI=1S/C21H30N2O5.ClH/c1-3-28-21(27)17(12-11-16-8-5-4-6-9-16)22-15(2)20(26)23-13-7-10-18(23)19(25)14-24;/h4-6,8-9,15,17-18,22,24H,3,7,10-14H2,1-2H3;1H/t15?,17?,18-;/m0./s1. The Balaban J connectivity index is 0.00000420. The molecule has 0 aliphatic carbocycles.